The Morgan fingerprint density at radius 3 is 2.14 bits per heavy atom. The van der Waals surface area contributed by atoms with Crippen molar-refractivity contribution in [2.24, 2.45) is 5.92 Å². The number of hydrogen-bond acceptors (Lipinski definition) is 4. The number of methoxy groups -OCH3 is 2. The topological polar surface area (TPSA) is 76.0 Å². The van der Waals surface area contributed by atoms with E-state index in [2.05, 4.69) is 0 Å². The lowest BCUT2D eigenvalue weighted by Gasteiger charge is -2.30. The normalized spacial score (nSPS) is 17.9. The molecule has 0 rings (SSSR count). The molecule has 2 atom stereocenters. The highest BCUT2D eigenvalue weighted by Crippen LogP contribution is 2.23. The van der Waals surface area contributed by atoms with Gasteiger partial charge in [-0.1, -0.05) is 0 Å². The molecular weight excluding hydrogens is 188 g/mol. The highest BCUT2D eigenvalue weighted by molar-refractivity contribution is 5.70. The average molecular weight is 206 g/mol. The minimum absolute atomic E-state index is 0.119. The van der Waals surface area contributed by atoms with Crippen LogP contribution < -0.4 is 0 Å². The van der Waals surface area contributed by atoms with Crippen molar-refractivity contribution in [2.45, 2.75) is 32.2 Å². The molecule has 84 valence electrons. The van der Waals surface area contributed by atoms with Gasteiger partial charge in [-0.25, -0.2) is 0 Å². The summed E-state index contributed by atoms with van der Waals surface area (Å²) in [6.07, 6.45) is -0.472. The van der Waals surface area contributed by atoms with E-state index in [0.29, 0.717) is 0 Å². The molecule has 5 nitrogen and oxygen atoms in total. The van der Waals surface area contributed by atoms with Gasteiger partial charge >= 0.3 is 5.97 Å². The third-order valence-corrected chi connectivity index (χ3v) is 2.41. The van der Waals surface area contributed by atoms with Gasteiger partial charge in [-0.05, 0) is 13.8 Å². The van der Waals surface area contributed by atoms with Crippen molar-refractivity contribution in [3.8, 4) is 0 Å². The van der Waals surface area contributed by atoms with Crippen LogP contribution in [-0.2, 0) is 14.3 Å². The molecule has 0 heterocycles. The number of ether oxygens (including phenoxy) is 2. The van der Waals surface area contributed by atoms with Crippen LogP contribution in [0.1, 0.15) is 20.3 Å². The first-order valence-corrected chi connectivity index (χ1v) is 4.36. The second-order valence-corrected chi connectivity index (χ2v) is 3.52. The zero-order valence-corrected chi connectivity index (χ0v) is 8.98. The third-order valence-electron chi connectivity index (χ3n) is 2.41. The summed E-state index contributed by atoms with van der Waals surface area (Å²) in [7, 11) is 2.88. The molecule has 0 aliphatic heterocycles. The fourth-order valence-electron chi connectivity index (χ4n) is 1.04. The zero-order chi connectivity index (χ0) is 11.4. The van der Waals surface area contributed by atoms with Crippen molar-refractivity contribution < 1.29 is 24.5 Å². The van der Waals surface area contributed by atoms with Crippen LogP contribution in [0, 0.1) is 5.92 Å². The minimum Gasteiger partial charge on any atom is -0.481 e. The van der Waals surface area contributed by atoms with Crippen molar-refractivity contribution in [1.82, 2.24) is 0 Å². The maximum Gasteiger partial charge on any atom is 0.309 e. The number of carbonyl (C=O) groups is 1. The number of aliphatic carboxylic acids is 1. The molecule has 14 heavy (non-hydrogen) atoms. The number of aliphatic hydroxyl groups is 1. The van der Waals surface area contributed by atoms with Crippen LogP contribution in [0.15, 0.2) is 0 Å². The van der Waals surface area contributed by atoms with Crippen molar-refractivity contribution in [1.29, 1.82) is 0 Å². The Balaban J connectivity index is 4.38. The van der Waals surface area contributed by atoms with Crippen molar-refractivity contribution in [3.05, 3.63) is 0 Å². The van der Waals surface area contributed by atoms with Crippen LogP contribution in [0.2, 0.25) is 0 Å². The Labute approximate surface area is 83.6 Å². The third kappa shape index (κ3) is 3.61. The molecule has 0 aromatic heterocycles. The summed E-state index contributed by atoms with van der Waals surface area (Å²) in [4.78, 5) is 10.7. The standard InChI is InChI=1S/C9H18O5/c1-6(8(10)11)9(2,12)5-7(13-3)14-4/h6-7,12H,5H2,1-4H3,(H,10,11). The summed E-state index contributed by atoms with van der Waals surface area (Å²) in [5.41, 5.74) is -1.34. The largest absolute Gasteiger partial charge is 0.481 e. The molecule has 0 saturated heterocycles. The van der Waals surface area contributed by atoms with Gasteiger partial charge < -0.3 is 19.7 Å². The zero-order valence-electron chi connectivity index (χ0n) is 8.98. The van der Waals surface area contributed by atoms with E-state index < -0.39 is 23.8 Å². The van der Waals surface area contributed by atoms with Gasteiger partial charge in [-0.15, -0.1) is 0 Å². The van der Waals surface area contributed by atoms with Gasteiger partial charge in [0.2, 0.25) is 0 Å². The van der Waals surface area contributed by atoms with Crippen LogP contribution >= 0.6 is 0 Å². The van der Waals surface area contributed by atoms with Gasteiger partial charge in [0.25, 0.3) is 0 Å². The number of hydrogen-bond donors (Lipinski definition) is 2. The summed E-state index contributed by atoms with van der Waals surface area (Å²) in [5.74, 6) is -1.91. The monoisotopic (exact) mass is 206 g/mol. The molecule has 0 spiro atoms. The molecule has 2 unspecified atom stereocenters. The van der Waals surface area contributed by atoms with Gasteiger partial charge in [0.1, 0.15) is 0 Å². The molecule has 0 aromatic rings. The van der Waals surface area contributed by atoms with Gasteiger partial charge in [0.15, 0.2) is 6.29 Å². The van der Waals surface area contributed by atoms with E-state index in [-0.39, 0.29) is 6.42 Å². The van der Waals surface area contributed by atoms with Crippen LogP contribution in [0.3, 0.4) is 0 Å². The van der Waals surface area contributed by atoms with Gasteiger partial charge in [-0.2, -0.15) is 0 Å². The Hall–Kier alpha value is -0.650. The molecule has 0 aliphatic carbocycles. The quantitative estimate of drug-likeness (QED) is 0.618. The molecule has 2 N–H and O–H groups in total. The van der Waals surface area contributed by atoms with E-state index in [0.717, 1.165) is 0 Å². The van der Waals surface area contributed by atoms with E-state index in [9.17, 15) is 9.90 Å². The molecule has 0 aromatic carbocycles. The first kappa shape index (κ1) is 13.4. The van der Waals surface area contributed by atoms with Gasteiger partial charge in [-0.3, -0.25) is 4.79 Å². The van der Waals surface area contributed by atoms with Crippen molar-refractivity contribution in [2.75, 3.05) is 14.2 Å². The van der Waals surface area contributed by atoms with Crippen LogP contribution in [0.25, 0.3) is 0 Å². The number of rotatable bonds is 6. The van der Waals surface area contributed by atoms with Crippen LogP contribution in [-0.4, -0.2) is 42.3 Å². The predicted octanol–water partition coefficient (Wildman–Crippen LogP) is 0.467. The van der Waals surface area contributed by atoms with E-state index in [1.54, 1.807) is 0 Å². The maximum absolute atomic E-state index is 10.7. The Kier molecular flexibility index (Phi) is 5.04. The van der Waals surface area contributed by atoms with Crippen LogP contribution in [0.4, 0.5) is 0 Å². The summed E-state index contributed by atoms with van der Waals surface area (Å²) in [6, 6.07) is 0. The number of carboxylic acid groups (broad SMARTS) is 1. The van der Waals surface area contributed by atoms with E-state index in [4.69, 9.17) is 14.6 Å². The molecule has 0 aliphatic rings. The smallest absolute Gasteiger partial charge is 0.309 e. The van der Waals surface area contributed by atoms with Gasteiger partial charge in [0.05, 0.1) is 11.5 Å². The fourth-order valence-corrected chi connectivity index (χ4v) is 1.04. The van der Waals surface area contributed by atoms with Gasteiger partial charge in [0, 0.05) is 20.6 Å². The molecule has 0 amide bonds. The predicted molar refractivity (Wildman–Crippen MR) is 49.8 cm³/mol. The first-order chi connectivity index (χ1) is 6.35. The summed E-state index contributed by atoms with van der Waals surface area (Å²) >= 11 is 0. The number of carboxylic acids is 1. The average Bonchev–Trinajstić information content (AvgIpc) is 2.12. The molecule has 0 radical (unpaired) electrons. The lowest BCUT2D eigenvalue weighted by atomic mass is 9.87. The minimum atomic E-state index is -1.34. The SMILES string of the molecule is COC(CC(C)(O)C(C)C(=O)O)OC. The second-order valence-electron chi connectivity index (χ2n) is 3.52. The summed E-state index contributed by atoms with van der Waals surface area (Å²) < 4.78 is 9.78. The highest BCUT2D eigenvalue weighted by Gasteiger charge is 2.36. The van der Waals surface area contributed by atoms with Crippen molar-refractivity contribution >= 4 is 5.97 Å². The summed E-state index contributed by atoms with van der Waals surface area (Å²) in [6.45, 7) is 2.90. The molecule has 0 fully saturated rings. The molecular formula is C9H18O5. The van der Waals surface area contributed by atoms with E-state index in [1.807, 2.05) is 0 Å². The first-order valence-electron chi connectivity index (χ1n) is 4.36. The molecule has 5 heteroatoms. The lowest BCUT2D eigenvalue weighted by molar-refractivity contribution is -0.167. The molecule has 0 saturated carbocycles. The second kappa shape index (κ2) is 5.29. The van der Waals surface area contributed by atoms with Crippen LogP contribution in [0.5, 0.6) is 0 Å². The molecule has 0 bridgehead atoms. The highest BCUT2D eigenvalue weighted by atomic mass is 16.7. The fraction of sp³-hybridized carbons (Fsp3) is 0.889. The van der Waals surface area contributed by atoms with E-state index in [1.165, 1.54) is 28.1 Å². The van der Waals surface area contributed by atoms with Crippen molar-refractivity contribution in [3.63, 3.8) is 0 Å². The van der Waals surface area contributed by atoms with E-state index >= 15 is 0 Å². The lowest BCUT2D eigenvalue weighted by Crippen LogP contribution is -2.41. The Morgan fingerprint density at radius 1 is 1.43 bits per heavy atom. The summed E-state index contributed by atoms with van der Waals surface area (Å²) in [5, 5.41) is 18.6. The Morgan fingerprint density at radius 2 is 1.86 bits per heavy atom. The Bertz CT molecular complexity index is 186. The maximum atomic E-state index is 10.7.